The zero-order valence-corrected chi connectivity index (χ0v) is 10.1. The average molecular weight is 240 g/mol. The van der Waals surface area contributed by atoms with Gasteiger partial charge in [0.2, 0.25) is 5.91 Å². The third-order valence-electron chi connectivity index (χ3n) is 3.03. The largest absolute Gasteiger partial charge is 0.550 e. The highest BCUT2D eigenvalue weighted by Crippen LogP contribution is 2.01. The lowest BCUT2D eigenvalue weighted by molar-refractivity contribution is -0.898. The van der Waals surface area contributed by atoms with Gasteiger partial charge in [-0.2, -0.15) is 0 Å². The van der Waals surface area contributed by atoms with Gasteiger partial charge in [-0.05, 0) is 18.9 Å². The number of piperazine rings is 1. The molecule has 0 unspecified atom stereocenters. The van der Waals surface area contributed by atoms with Crippen LogP contribution in [-0.4, -0.2) is 49.5 Å². The van der Waals surface area contributed by atoms with E-state index in [1.807, 2.05) is 11.0 Å². The van der Waals surface area contributed by atoms with Crippen molar-refractivity contribution in [2.45, 2.75) is 19.3 Å². The fourth-order valence-electron chi connectivity index (χ4n) is 2.02. The molecule has 1 aliphatic heterocycles. The Balaban J connectivity index is 2.21. The molecule has 1 saturated heterocycles. The Morgan fingerprint density at radius 3 is 2.47 bits per heavy atom. The number of nitrogens with zero attached hydrogens (tertiary/aromatic N) is 1. The number of carboxylic acids is 1. The smallest absolute Gasteiger partial charge is 0.222 e. The Hall–Kier alpha value is -1.36. The maximum Gasteiger partial charge on any atom is 0.222 e. The molecule has 0 aliphatic carbocycles. The monoisotopic (exact) mass is 240 g/mol. The van der Waals surface area contributed by atoms with Crippen molar-refractivity contribution in [3.8, 4) is 0 Å². The Bertz CT molecular complexity index is 283. The normalized spacial score (nSPS) is 16.8. The van der Waals surface area contributed by atoms with Crippen LogP contribution in [0.1, 0.15) is 19.3 Å². The summed E-state index contributed by atoms with van der Waals surface area (Å²) in [4.78, 5) is 25.2. The number of carbonyl (C=O) groups is 2. The molecule has 0 spiro atoms. The molecule has 1 heterocycles. The second kappa shape index (κ2) is 7.06. The van der Waals surface area contributed by atoms with Gasteiger partial charge in [0.1, 0.15) is 0 Å². The molecule has 5 nitrogen and oxygen atoms in total. The summed E-state index contributed by atoms with van der Waals surface area (Å²) in [6.07, 6.45) is 2.55. The molecule has 1 aliphatic rings. The van der Waals surface area contributed by atoms with Crippen molar-refractivity contribution in [2.75, 3.05) is 32.7 Å². The van der Waals surface area contributed by atoms with E-state index in [-0.39, 0.29) is 12.3 Å². The molecule has 0 aromatic rings. The second-order valence-corrected chi connectivity index (χ2v) is 4.35. The van der Waals surface area contributed by atoms with Crippen LogP contribution in [0.3, 0.4) is 0 Å². The quantitative estimate of drug-likeness (QED) is 0.537. The molecular formula is C12H20N2O3. The first-order valence-corrected chi connectivity index (χ1v) is 6.05. The molecule has 0 saturated carbocycles. The number of hydrogen-bond acceptors (Lipinski definition) is 3. The second-order valence-electron chi connectivity index (χ2n) is 4.35. The Morgan fingerprint density at radius 1 is 1.29 bits per heavy atom. The van der Waals surface area contributed by atoms with Crippen molar-refractivity contribution in [2.24, 2.45) is 0 Å². The Kier molecular flexibility index (Phi) is 5.69. The number of aliphatic carboxylic acids is 1. The van der Waals surface area contributed by atoms with Crippen LogP contribution in [0.2, 0.25) is 0 Å². The van der Waals surface area contributed by atoms with E-state index in [1.165, 1.54) is 4.90 Å². The molecule has 96 valence electrons. The lowest BCUT2D eigenvalue weighted by Crippen LogP contribution is -3.14. The van der Waals surface area contributed by atoms with Crippen LogP contribution < -0.4 is 10.0 Å². The predicted octanol–water partition coefficient (Wildman–Crippen LogP) is -2.18. The van der Waals surface area contributed by atoms with Crippen molar-refractivity contribution in [3.63, 3.8) is 0 Å². The van der Waals surface area contributed by atoms with Gasteiger partial charge >= 0.3 is 0 Å². The van der Waals surface area contributed by atoms with E-state index < -0.39 is 5.97 Å². The van der Waals surface area contributed by atoms with E-state index in [1.54, 1.807) is 0 Å². The molecule has 1 fully saturated rings. The van der Waals surface area contributed by atoms with Gasteiger partial charge in [-0.3, -0.25) is 4.79 Å². The summed E-state index contributed by atoms with van der Waals surface area (Å²) in [6.45, 7) is 8.04. The Labute approximate surface area is 102 Å². The van der Waals surface area contributed by atoms with Gasteiger partial charge in [0.05, 0.1) is 32.7 Å². The van der Waals surface area contributed by atoms with Gasteiger partial charge in [-0.1, -0.05) is 6.58 Å². The number of rotatable bonds is 6. The minimum absolute atomic E-state index is 0.0343. The van der Waals surface area contributed by atoms with Gasteiger partial charge < -0.3 is 19.7 Å². The molecule has 1 N–H and O–H groups in total. The number of nitrogens with one attached hydrogen (secondary N) is 1. The minimum atomic E-state index is -1.09. The SMILES string of the molecule is C=CC[NH+]1CCN(C(=O)CCCC(=O)[O-])CC1. The van der Waals surface area contributed by atoms with Gasteiger partial charge in [0.15, 0.2) is 0 Å². The average Bonchev–Trinajstić information content (AvgIpc) is 2.30. The topological polar surface area (TPSA) is 64.9 Å². The van der Waals surface area contributed by atoms with Crippen LogP contribution in [0, 0.1) is 0 Å². The van der Waals surface area contributed by atoms with Crippen LogP contribution in [0.15, 0.2) is 12.7 Å². The zero-order valence-electron chi connectivity index (χ0n) is 10.1. The summed E-state index contributed by atoms with van der Waals surface area (Å²) in [5.41, 5.74) is 0. The fourth-order valence-corrected chi connectivity index (χ4v) is 2.02. The first-order valence-electron chi connectivity index (χ1n) is 6.05. The molecule has 0 aromatic heterocycles. The van der Waals surface area contributed by atoms with E-state index in [0.29, 0.717) is 12.8 Å². The summed E-state index contributed by atoms with van der Waals surface area (Å²) in [5, 5.41) is 10.2. The van der Waals surface area contributed by atoms with Crippen LogP contribution in [0.25, 0.3) is 0 Å². The van der Waals surface area contributed by atoms with Crippen molar-refractivity contribution in [3.05, 3.63) is 12.7 Å². The van der Waals surface area contributed by atoms with Gasteiger partial charge in [0, 0.05) is 12.4 Å². The molecule has 1 rings (SSSR count). The molecule has 0 aromatic carbocycles. The first kappa shape index (κ1) is 13.7. The molecule has 0 radical (unpaired) electrons. The van der Waals surface area contributed by atoms with Crippen LogP contribution >= 0.6 is 0 Å². The zero-order chi connectivity index (χ0) is 12.7. The molecule has 17 heavy (non-hydrogen) atoms. The maximum absolute atomic E-state index is 11.7. The summed E-state index contributed by atoms with van der Waals surface area (Å²) < 4.78 is 0. The third kappa shape index (κ3) is 4.99. The highest BCUT2D eigenvalue weighted by Gasteiger charge is 2.22. The third-order valence-corrected chi connectivity index (χ3v) is 3.03. The lowest BCUT2D eigenvalue weighted by Gasteiger charge is -2.31. The molecule has 1 amide bonds. The summed E-state index contributed by atoms with van der Waals surface area (Å²) in [5.74, 6) is -1.03. The van der Waals surface area contributed by atoms with E-state index in [2.05, 4.69) is 6.58 Å². The van der Waals surface area contributed by atoms with Crippen molar-refractivity contribution in [1.29, 1.82) is 0 Å². The lowest BCUT2D eigenvalue weighted by atomic mass is 10.2. The number of amides is 1. The van der Waals surface area contributed by atoms with E-state index in [4.69, 9.17) is 0 Å². The maximum atomic E-state index is 11.7. The van der Waals surface area contributed by atoms with E-state index in [0.717, 1.165) is 32.7 Å². The number of carboxylic acid groups (broad SMARTS) is 1. The summed E-state index contributed by atoms with van der Waals surface area (Å²) in [7, 11) is 0. The first-order chi connectivity index (χ1) is 8.13. The van der Waals surface area contributed by atoms with Crippen LogP contribution in [0.5, 0.6) is 0 Å². The highest BCUT2D eigenvalue weighted by molar-refractivity contribution is 5.76. The fraction of sp³-hybridized carbons (Fsp3) is 0.667. The highest BCUT2D eigenvalue weighted by atomic mass is 16.4. The number of carbonyl (C=O) groups excluding carboxylic acids is 2. The molecule has 0 bridgehead atoms. The van der Waals surface area contributed by atoms with Crippen molar-refractivity contribution < 1.29 is 19.6 Å². The summed E-state index contributed by atoms with van der Waals surface area (Å²) >= 11 is 0. The van der Waals surface area contributed by atoms with Gasteiger partial charge in [0.25, 0.3) is 0 Å². The molecule has 0 atom stereocenters. The van der Waals surface area contributed by atoms with Crippen LogP contribution in [-0.2, 0) is 9.59 Å². The van der Waals surface area contributed by atoms with E-state index in [9.17, 15) is 14.7 Å². The predicted molar refractivity (Wildman–Crippen MR) is 61.2 cm³/mol. The van der Waals surface area contributed by atoms with Crippen molar-refractivity contribution in [1.82, 2.24) is 4.90 Å². The summed E-state index contributed by atoms with van der Waals surface area (Å²) in [6, 6.07) is 0. The van der Waals surface area contributed by atoms with E-state index >= 15 is 0 Å². The minimum Gasteiger partial charge on any atom is -0.550 e. The number of hydrogen-bond donors (Lipinski definition) is 1. The standard InChI is InChI=1S/C12H20N2O3/c1-2-6-13-7-9-14(10-8-13)11(15)4-3-5-12(16)17/h2H,1,3-10H2,(H,16,17). The van der Waals surface area contributed by atoms with Gasteiger partial charge in [-0.15, -0.1) is 0 Å². The Morgan fingerprint density at radius 2 is 1.94 bits per heavy atom. The molecular weight excluding hydrogens is 220 g/mol. The van der Waals surface area contributed by atoms with Crippen molar-refractivity contribution >= 4 is 11.9 Å². The molecule has 5 heteroatoms. The number of quaternary nitrogens is 1. The van der Waals surface area contributed by atoms with Crippen LogP contribution in [0.4, 0.5) is 0 Å². The van der Waals surface area contributed by atoms with Gasteiger partial charge in [-0.25, -0.2) is 0 Å².